The van der Waals surface area contributed by atoms with Gasteiger partial charge in [-0.3, -0.25) is 4.79 Å². The van der Waals surface area contributed by atoms with E-state index in [0.29, 0.717) is 12.0 Å². The average Bonchev–Trinajstić information content (AvgIpc) is 2.83. The van der Waals surface area contributed by atoms with Gasteiger partial charge in [-0.15, -0.1) is 0 Å². The van der Waals surface area contributed by atoms with Gasteiger partial charge in [-0.1, -0.05) is 23.2 Å². The third-order valence-corrected chi connectivity index (χ3v) is 3.88. The number of hydrogen-bond acceptors (Lipinski definition) is 3. The molecule has 6 heteroatoms. The fourth-order valence-electron chi connectivity index (χ4n) is 2.46. The molecule has 0 aliphatic carbocycles. The quantitative estimate of drug-likeness (QED) is 0.870. The lowest BCUT2D eigenvalue weighted by molar-refractivity contribution is 0.0724. The Labute approximate surface area is 122 Å². The Balaban J connectivity index is 2.13. The molecule has 2 heterocycles. The highest BCUT2D eigenvalue weighted by Crippen LogP contribution is 2.26. The summed E-state index contributed by atoms with van der Waals surface area (Å²) in [5.41, 5.74) is 0.391. The first-order valence-electron chi connectivity index (χ1n) is 6.37. The minimum atomic E-state index is -0.102. The van der Waals surface area contributed by atoms with E-state index in [9.17, 15) is 4.79 Å². The van der Waals surface area contributed by atoms with Crippen LogP contribution < -0.4 is 0 Å². The number of carbonyl (C=O) groups excluding carboxylic acids is 1. The molecule has 4 nitrogen and oxygen atoms in total. The van der Waals surface area contributed by atoms with Crippen molar-refractivity contribution in [1.82, 2.24) is 9.88 Å². The first kappa shape index (κ1) is 14.6. The van der Waals surface area contributed by atoms with Gasteiger partial charge in [-0.2, -0.15) is 0 Å². The van der Waals surface area contributed by atoms with Crippen molar-refractivity contribution in [1.29, 1.82) is 0 Å². The summed E-state index contributed by atoms with van der Waals surface area (Å²) in [5.74, 6) is -0.102. The zero-order valence-corrected chi connectivity index (χ0v) is 12.0. The Morgan fingerprint density at radius 2 is 2.26 bits per heavy atom. The molecule has 19 heavy (non-hydrogen) atoms. The molecule has 0 aromatic carbocycles. The van der Waals surface area contributed by atoms with Gasteiger partial charge in [0.25, 0.3) is 5.91 Å². The second-order valence-electron chi connectivity index (χ2n) is 4.63. The fraction of sp³-hybridized carbons (Fsp3) is 0.538. The van der Waals surface area contributed by atoms with Crippen molar-refractivity contribution in [3.8, 4) is 0 Å². The molecular formula is C13H16Cl2N2O2. The van der Waals surface area contributed by atoms with Crippen LogP contribution >= 0.6 is 23.2 Å². The molecule has 1 atom stereocenters. The smallest absolute Gasteiger partial charge is 0.257 e. The summed E-state index contributed by atoms with van der Waals surface area (Å²) < 4.78 is 0. The maximum Gasteiger partial charge on any atom is 0.257 e. The minimum Gasteiger partial charge on any atom is -0.396 e. The van der Waals surface area contributed by atoms with Crippen molar-refractivity contribution in [2.75, 3.05) is 13.2 Å². The third-order valence-electron chi connectivity index (χ3n) is 3.38. The van der Waals surface area contributed by atoms with Gasteiger partial charge in [-0.25, -0.2) is 4.98 Å². The Morgan fingerprint density at radius 3 is 2.95 bits per heavy atom. The van der Waals surface area contributed by atoms with E-state index in [1.54, 1.807) is 12.1 Å². The van der Waals surface area contributed by atoms with Crippen LogP contribution in [-0.4, -0.2) is 40.1 Å². The number of hydrogen-bond donors (Lipinski definition) is 1. The zero-order valence-electron chi connectivity index (χ0n) is 10.5. The maximum atomic E-state index is 12.4. The molecule has 0 saturated carbocycles. The van der Waals surface area contributed by atoms with Crippen LogP contribution in [0, 0.1) is 0 Å². The highest BCUT2D eigenvalue weighted by atomic mass is 35.5. The van der Waals surface area contributed by atoms with E-state index in [0.717, 1.165) is 25.8 Å². The van der Waals surface area contributed by atoms with Crippen LogP contribution in [0.25, 0.3) is 0 Å². The summed E-state index contributed by atoms with van der Waals surface area (Å²) in [6.45, 7) is 0.885. The topological polar surface area (TPSA) is 53.4 Å². The molecule has 1 amide bonds. The number of aliphatic hydroxyl groups excluding tert-OH is 1. The van der Waals surface area contributed by atoms with Crippen LogP contribution in [-0.2, 0) is 0 Å². The summed E-state index contributed by atoms with van der Waals surface area (Å²) in [4.78, 5) is 18.2. The number of halogens is 2. The number of likely N-dealkylation sites (tertiary alicyclic amines) is 1. The normalized spacial score (nSPS) is 18.9. The molecular weight excluding hydrogens is 287 g/mol. The predicted octanol–water partition coefficient (Wildman–Crippen LogP) is 2.77. The molecule has 1 aliphatic heterocycles. The van der Waals surface area contributed by atoms with E-state index >= 15 is 0 Å². The van der Waals surface area contributed by atoms with Gasteiger partial charge in [0, 0.05) is 19.2 Å². The molecule has 1 aliphatic rings. The lowest BCUT2D eigenvalue weighted by Crippen LogP contribution is -2.35. The molecule has 1 fully saturated rings. The van der Waals surface area contributed by atoms with Crippen LogP contribution in [0.2, 0.25) is 10.3 Å². The highest BCUT2D eigenvalue weighted by molar-refractivity contribution is 6.34. The molecule has 0 bridgehead atoms. The summed E-state index contributed by atoms with van der Waals surface area (Å²) >= 11 is 11.7. The second-order valence-corrected chi connectivity index (χ2v) is 5.38. The standard InChI is InChI=1S/C13H16Cl2N2O2/c14-11-6-5-10(12(15)16-11)13(19)17-7-1-3-9(17)4-2-8-18/h5-6,9,18H,1-4,7-8H2. The van der Waals surface area contributed by atoms with E-state index < -0.39 is 0 Å². The molecule has 104 valence electrons. The Hall–Kier alpha value is -0.840. The summed E-state index contributed by atoms with van der Waals surface area (Å²) in [7, 11) is 0. The fourth-order valence-corrected chi connectivity index (χ4v) is 2.88. The van der Waals surface area contributed by atoms with Gasteiger partial charge in [0.1, 0.15) is 10.3 Å². The summed E-state index contributed by atoms with van der Waals surface area (Å²) in [6, 6.07) is 3.37. The first-order valence-corrected chi connectivity index (χ1v) is 7.13. The van der Waals surface area contributed by atoms with Crippen molar-refractivity contribution < 1.29 is 9.90 Å². The molecule has 0 radical (unpaired) electrons. The summed E-state index contributed by atoms with van der Waals surface area (Å²) in [6.07, 6.45) is 3.49. The summed E-state index contributed by atoms with van der Waals surface area (Å²) in [5, 5.41) is 9.32. The second kappa shape index (κ2) is 6.55. The number of nitrogens with zero attached hydrogens (tertiary/aromatic N) is 2. The number of pyridine rings is 1. The van der Waals surface area contributed by atoms with Crippen LogP contribution in [0.15, 0.2) is 12.1 Å². The van der Waals surface area contributed by atoms with Gasteiger partial charge in [0.2, 0.25) is 0 Å². The number of carbonyl (C=O) groups is 1. The van der Waals surface area contributed by atoms with Gasteiger partial charge < -0.3 is 10.0 Å². The van der Waals surface area contributed by atoms with Gasteiger partial charge in [-0.05, 0) is 37.8 Å². The number of amides is 1. The van der Waals surface area contributed by atoms with E-state index in [-0.39, 0.29) is 28.9 Å². The lowest BCUT2D eigenvalue weighted by Gasteiger charge is -2.24. The van der Waals surface area contributed by atoms with Crippen LogP contribution in [0.1, 0.15) is 36.0 Å². The number of aliphatic hydroxyl groups is 1. The predicted molar refractivity (Wildman–Crippen MR) is 74.6 cm³/mol. The molecule has 1 saturated heterocycles. The zero-order chi connectivity index (χ0) is 13.8. The van der Waals surface area contributed by atoms with E-state index in [2.05, 4.69) is 4.98 Å². The monoisotopic (exact) mass is 302 g/mol. The van der Waals surface area contributed by atoms with Gasteiger partial charge in [0.05, 0.1) is 5.56 Å². The Bertz CT molecular complexity index is 468. The third kappa shape index (κ3) is 3.38. The van der Waals surface area contributed by atoms with E-state index in [4.69, 9.17) is 28.3 Å². The molecule has 1 aromatic heterocycles. The molecule has 0 spiro atoms. The first-order chi connectivity index (χ1) is 9.13. The van der Waals surface area contributed by atoms with Crippen molar-refractivity contribution >= 4 is 29.1 Å². The van der Waals surface area contributed by atoms with Crippen molar-refractivity contribution in [2.45, 2.75) is 31.7 Å². The average molecular weight is 303 g/mol. The van der Waals surface area contributed by atoms with Crippen molar-refractivity contribution in [3.05, 3.63) is 28.0 Å². The minimum absolute atomic E-state index is 0.102. The van der Waals surface area contributed by atoms with Crippen LogP contribution in [0.5, 0.6) is 0 Å². The largest absolute Gasteiger partial charge is 0.396 e. The highest BCUT2D eigenvalue weighted by Gasteiger charge is 2.30. The maximum absolute atomic E-state index is 12.4. The van der Waals surface area contributed by atoms with Crippen molar-refractivity contribution in [3.63, 3.8) is 0 Å². The van der Waals surface area contributed by atoms with E-state index in [1.807, 2.05) is 4.90 Å². The number of rotatable bonds is 4. The van der Waals surface area contributed by atoms with Gasteiger partial charge >= 0.3 is 0 Å². The SMILES string of the molecule is O=C(c1ccc(Cl)nc1Cl)N1CCCC1CCCO. The van der Waals surface area contributed by atoms with E-state index in [1.165, 1.54) is 0 Å². The van der Waals surface area contributed by atoms with Crippen LogP contribution in [0.4, 0.5) is 0 Å². The molecule has 1 unspecified atom stereocenters. The Morgan fingerprint density at radius 1 is 1.47 bits per heavy atom. The van der Waals surface area contributed by atoms with Crippen LogP contribution in [0.3, 0.4) is 0 Å². The lowest BCUT2D eigenvalue weighted by atomic mass is 10.1. The number of aromatic nitrogens is 1. The molecule has 1 N–H and O–H groups in total. The molecule has 2 rings (SSSR count). The van der Waals surface area contributed by atoms with Gasteiger partial charge in [0.15, 0.2) is 0 Å². The molecule has 1 aromatic rings. The van der Waals surface area contributed by atoms with Crippen molar-refractivity contribution in [2.24, 2.45) is 0 Å². The Kier molecular flexibility index (Phi) is 5.02.